The van der Waals surface area contributed by atoms with Crippen molar-refractivity contribution >= 4 is 5.91 Å². The lowest BCUT2D eigenvalue weighted by Gasteiger charge is -2.44. The average Bonchev–Trinajstić information content (AvgIpc) is 2.33. The van der Waals surface area contributed by atoms with Crippen molar-refractivity contribution in [1.82, 2.24) is 5.32 Å². The third-order valence-electron chi connectivity index (χ3n) is 3.54. The molecule has 6 atom stereocenters. The lowest BCUT2D eigenvalue weighted by molar-refractivity contribution is -0.157. The van der Waals surface area contributed by atoms with Gasteiger partial charge in [-0.1, -0.05) is 13.8 Å². The van der Waals surface area contributed by atoms with Crippen LogP contribution in [0.4, 0.5) is 0 Å². The van der Waals surface area contributed by atoms with E-state index in [0.717, 1.165) is 0 Å². The molecule has 1 fully saturated rings. The predicted octanol–water partition coefficient (Wildman–Crippen LogP) is 0.169. The number of carbonyl (C=O) groups excluding carboxylic acids is 1. The van der Waals surface area contributed by atoms with Crippen molar-refractivity contribution < 1.29 is 22.1 Å². The first-order chi connectivity index (χ1) is 8.86. The van der Waals surface area contributed by atoms with E-state index in [2.05, 4.69) is 5.32 Å². The molecule has 5 heteroatoms. The largest absolute Gasteiger partial charge is 0.394 e. The van der Waals surface area contributed by atoms with Gasteiger partial charge in [0.25, 0.3) is 0 Å². The van der Waals surface area contributed by atoms with Gasteiger partial charge in [0.15, 0.2) is 0 Å². The normalized spacial score (nSPS) is 41.3. The van der Waals surface area contributed by atoms with Crippen LogP contribution in [0.2, 0.25) is 0 Å². The molecule has 1 aliphatic heterocycles. The highest BCUT2D eigenvalue weighted by molar-refractivity contribution is 5.73. The number of hydrogen-bond acceptors (Lipinski definition) is 4. The number of rotatable bonds is 4. The average molecular weight is 248 g/mol. The number of hydrogen-bond donors (Lipinski definition) is 2. The molecule has 1 rings (SSSR count). The summed E-state index contributed by atoms with van der Waals surface area (Å²) >= 11 is 0. The standard InChI is InChI=1S/C12H23NO4/c1-7-8(2)12(13-9(3)15)10(5-14)17-11(7)6-16-4/h7-8,10-12,14H,5-6H2,1-4H3,(H,13,15)/t7-,8-,10+,11-,12+/m1/s1/i4TD/t4?,7-,8-,10+,11-,12+. The van der Waals surface area contributed by atoms with Gasteiger partial charge in [-0.25, -0.2) is 0 Å². The molecule has 0 aromatic heterocycles. The monoisotopic (exact) mass is 248 g/mol. The third kappa shape index (κ3) is 3.40. The summed E-state index contributed by atoms with van der Waals surface area (Å²) in [6, 6.07) is -0.239. The fraction of sp³-hybridized carbons (Fsp3) is 0.917. The van der Waals surface area contributed by atoms with Crippen LogP contribution >= 0.6 is 0 Å². The second kappa shape index (κ2) is 6.33. The predicted molar refractivity (Wildman–Crippen MR) is 63.6 cm³/mol. The van der Waals surface area contributed by atoms with Crippen molar-refractivity contribution in [2.75, 3.05) is 20.3 Å². The van der Waals surface area contributed by atoms with Crippen LogP contribution in [-0.4, -0.2) is 49.5 Å². The summed E-state index contributed by atoms with van der Waals surface area (Å²) in [4.78, 5) is 11.2. The van der Waals surface area contributed by atoms with Crippen LogP contribution in [-0.2, 0) is 14.3 Å². The van der Waals surface area contributed by atoms with Gasteiger partial charge in [-0.3, -0.25) is 4.79 Å². The van der Waals surface area contributed by atoms with E-state index in [1.54, 1.807) is 0 Å². The second-order valence-corrected chi connectivity index (χ2v) is 4.67. The summed E-state index contributed by atoms with van der Waals surface area (Å²) < 4.78 is 24.7. The first-order valence-electron chi connectivity index (χ1n) is 7.01. The Morgan fingerprint density at radius 2 is 2.29 bits per heavy atom. The minimum absolute atomic E-state index is 0.0957. The van der Waals surface area contributed by atoms with Gasteiger partial charge in [0.2, 0.25) is 5.91 Å². The molecule has 1 saturated heterocycles. The molecule has 0 saturated carbocycles. The quantitative estimate of drug-likeness (QED) is 0.744. The lowest BCUT2D eigenvalue weighted by atomic mass is 9.80. The van der Waals surface area contributed by atoms with E-state index in [4.69, 9.17) is 12.2 Å². The number of aliphatic hydroxyl groups is 1. The molecule has 1 heterocycles. The Labute approximate surface area is 105 Å². The molecule has 1 aliphatic rings. The molecule has 0 aromatic rings. The van der Waals surface area contributed by atoms with Crippen molar-refractivity contribution in [2.45, 2.75) is 39.0 Å². The lowest BCUT2D eigenvalue weighted by Crippen LogP contribution is -2.58. The van der Waals surface area contributed by atoms with E-state index >= 15 is 0 Å². The SMILES string of the molecule is [2H]C([3H])OC[C@H]1O[C@@H](CO)[C@@H](NC(C)=O)[C@H](C)[C@H]1C. The Bertz CT molecular complexity index is 301. The molecule has 1 amide bonds. The fourth-order valence-electron chi connectivity index (χ4n) is 2.34. The van der Waals surface area contributed by atoms with Crippen LogP contribution in [0, 0.1) is 11.8 Å². The highest BCUT2D eigenvalue weighted by atomic mass is 16.5. The Kier molecular flexibility index (Phi) is 4.26. The van der Waals surface area contributed by atoms with E-state index < -0.39 is 13.2 Å². The van der Waals surface area contributed by atoms with E-state index in [9.17, 15) is 9.90 Å². The number of ether oxygens (including phenoxy) is 2. The summed E-state index contributed by atoms with van der Waals surface area (Å²) in [7, 11) is -1.34. The first-order valence-corrected chi connectivity index (χ1v) is 5.86. The van der Waals surface area contributed by atoms with Gasteiger partial charge in [0.1, 0.15) is 6.10 Å². The first kappa shape index (κ1) is 11.4. The molecule has 100 valence electrons. The molecule has 0 aliphatic carbocycles. The van der Waals surface area contributed by atoms with Gasteiger partial charge in [0.05, 0.1) is 28.1 Å². The van der Waals surface area contributed by atoms with Crippen molar-refractivity contribution in [3.63, 3.8) is 0 Å². The fourth-order valence-corrected chi connectivity index (χ4v) is 2.34. The van der Waals surface area contributed by atoms with Crippen molar-refractivity contribution in [3.8, 4) is 0 Å². The molecule has 17 heavy (non-hydrogen) atoms. The summed E-state index contributed by atoms with van der Waals surface area (Å²) in [5.74, 6) is 0.0508. The van der Waals surface area contributed by atoms with Gasteiger partial charge in [-0.2, -0.15) is 0 Å². The van der Waals surface area contributed by atoms with E-state index in [0.29, 0.717) is 0 Å². The minimum atomic E-state index is -1.34. The summed E-state index contributed by atoms with van der Waals surface area (Å²) in [6.45, 7) is 5.36. The smallest absolute Gasteiger partial charge is 0.217 e. The van der Waals surface area contributed by atoms with Gasteiger partial charge in [0, 0.05) is 14.0 Å². The molecule has 1 unspecified atom stereocenters. The van der Waals surface area contributed by atoms with E-state index in [1.165, 1.54) is 6.92 Å². The van der Waals surface area contributed by atoms with Gasteiger partial charge < -0.3 is 19.9 Å². The minimum Gasteiger partial charge on any atom is -0.394 e. The zero-order valence-electron chi connectivity index (χ0n) is 12.6. The van der Waals surface area contributed by atoms with E-state index in [1.807, 2.05) is 13.8 Å². The molecule has 2 N–H and O–H groups in total. The number of amides is 1. The zero-order valence-corrected chi connectivity index (χ0v) is 10.6. The number of methoxy groups -OCH3 is 1. The Morgan fingerprint density at radius 3 is 2.82 bits per heavy atom. The number of carbonyl (C=O) groups is 1. The van der Waals surface area contributed by atoms with Crippen LogP contribution in [0.5, 0.6) is 0 Å². The summed E-state index contributed by atoms with van der Waals surface area (Å²) in [5, 5.41) is 12.2. The molecule has 5 nitrogen and oxygen atoms in total. The molecule has 0 spiro atoms. The topological polar surface area (TPSA) is 67.8 Å². The van der Waals surface area contributed by atoms with Gasteiger partial charge in [-0.15, -0.1) is 0 Å². The molecule has 0 aromatic carbocycles. The van der Waals surface area contributed by atoms with E-state index in [-0.39, 0.29) is 43.1 Å². The van der Waals surface area contributed by atoms with Crippen LogP contribution in [0.1, 0.15) is 23.5 Å². The third-order valence-corrected chi connectivity index (χ3v) is 3.54. The van der Waals surface area contributed by atoms with Crippen LogP contribution in [0.3, 0.4) is 0 Å². The Balaban J connectivity index is 2.70. The maximum atomic E-state index is 11.2. The number of aliphatic hydroxyl groups excluding tert-OH is 1. The van der Waals surface area contributed by atoms with Crippen LogP contribution in [0.15, 0.2) is 0 Å². The Hall–Kier alpha value is -0.650. The summed E-state index contributed by atoms with van der Waals surface area (Å²) in [5.41, 5.74) is 0. The zero-order chi connectivity index (χ0) is 14.6. The molecular weight excluding hydrogens is 222 g/mol. The van der Waals surface area contributed by atoms with Gasteiger partial charge in [-0.05, 0) is 11.8 Å². The van der Waals surface area contributed by atoms with Crippen LogP contribution < -0.4 is 5.32 Å². The summed E-state index contributed by atoms with van der Waals surface area (Å²) in [6.07, 6.45) is -0.769. The highest BCUT2D eigenvalue weighted by Gasteiger charge is 2.41. The van der Waals surface area contributed by atoms with Gasteiger partial charge >= 0.3 is 0 Å². The maximum Gasteiger partial charge on any atom is 0.217 e. The maximum absolute atomic E-state index is 11.2. The molecular formula is C12H23NO4. The highest BCUT2D eigenvalue weighted by Crippen LogP contribution is 2.30. The van der Waals surface area contributed by atoms with Crippen molar-refractivity contribution in [2.24, 2.45) is 11.8 Å². The number of nitrogens with one attached hydrogen (secondary N) is 1. The van der Waals surface area contributed by atoms with Crippen molar-refractivity contribution in [1.29, 1.82) is 0 Å². The second-order valence-electron chi connectivity index (χ2n) is 4.67. The van der Waals surface area contributed by atoms with Crippen LogP contribution in [0.25, 0.3) is 0 Å². The molecule has 0 bridgehead atoms. The molecule has 0 radical (unpaired) electrons. The van der Waals surface area contributed by atoms with Crippen molar-refractivity contribution in [3.05, 3.63) is 0 Å². The Morgan fingerprint density at radius 1 is 1.59 bits per heavy atom.